The number of nitrogens with one attached hydrogen (secondary N) is 1. The Kier molecular flexibility index (Phi) is 6.93. The molecule has 0 saturated heterocycles. The van der Waals surface area contributed by atoms with Crippen molar-refractivity contribution < 1.29 is 14.3 Å². The van der Waals surface area contributed by atoms with Gasteiger partial charge in [-0.25, -0.2) is 4.79 Å². The summed E-state index contributed by atoms with van der Waals surface area (Å²) in [6, 6.07) is 11.7. The first-order chi connectivity index (χ1) is 11.5. The van der Waals surface area contributed by atoms with E-state index in [1.54, 1.807) is 12.3 Å². The van der Waals surface area contributed by atoms with E-state index in [1.807, 2.05) is 25.1 Å². The lowest BCUT2D eigenvalue weighted by atomic mass is 10.1. The Morgan fingerprint density at radius 3 is 2.71 bits per heavy atom. The first-order valence-electron chi connectivity index (χ1n) is 7.65. The molecule has 0 spiro atoms. The summed E-state index contributed by atoms with van der Waals surface area (Å²) in [7, 11) is 0. The molecule has 0 aliphatic heterocycles. The van der Waals surface area contributed by atoms with Gasteiger partial charge in [0.25, 0.3) is 5.91 Å². The van der Waals surface area contributed by atoms with Crippen LogP contribution in [0.2, 0.25) is 0 Å². The molecule has 0 aliphatic carbocycles. The highest BCUT2D eigenvalue weighted by atomic mass is 79.9. The topological polar surface area (TPSA) is 68.3 Å². The number of nitrogens with zero attached hydrogens (tertiary/aromatic N) is 1. The number of amides is 1. The quantitative estimate of drug-likeness (QED) is 0.737. The fourth-order valence-corrected chi connectivity index (χ4v) is 2.52. The Hall–Kier alpha value is -2.21. The number of carbonyl (C=O) groups is 2. The van der Waals surface area contributed by atoms with Crippen molar-refractivity contribution in [2.45, 2.75) is 25.8 Å². The van der Waals surface area contributed by atoms with Crippen LogP contribution in [0.1, 0.15) is 29.3 Å². The minimum atomic E-state index is -0.573. The molecule has 0 bridgehead atoms. The maximum absolute atomic E-state index is 11.9. The highest BCUT2D eigenvalue weighted by Crippen LogP contribution is 2.10. The van der Waals surface area contributed by atoms with Crippen LogP contribution in [0.4, 0.5) is 0 Å². The molecular formula is C18H19BrN2O3. The summed E-state index contributed by atoms with van der Waals surface area (Å²) >= 11 is 3.23. The zero-order valence-corrected chi connectivity index (χ0v) is 15.0. The van der Waals surface area contributed by atoms with Crippen molar-refractivity contribution in [1.29, 1.82) is 0 Å². The predicted molar refractivity (Wildman–Crippen MR) is 94.6 cm³/mol. The number of hydrogen-bond donors (Lipinski definition) is 1. The van der Waals surface area contributed by atoms with E-state index in [1.165, 1.54) is 11.8 Å². The minimum Gasteiger partial charge on any atom is -0.452 e. The number of esters is 1. The molecule has 0 unspecified atom stereocenters. The van der Waals surface area contributed by atoms with Crippen LogP contribution in [0.25, 0.3) is 0 Å². The summed E-state index contributed by atoms with van der Waals surface area (Å²) in [5, 5.41) is 2.83. The summed E-state index contributed by atoms with van der Waals surface area (Å²) in [4.78, 5) is 27.6. The second-order valence-corrected chi connectivity index (χ2v) is 6.38. The molecular weight excluding hydrogens is 372 g/mol. The minimum absolute atomic E-state index is 0.00365. The van der Waals surface area contributed by atoms with Crippen molar-refractivity contribution in [3.05, 3.63) is 64.4 Å². The predicted octanol–water partition coefficient (Wildman–Crippen LogP) is 3.14. The number of pyridine rings is 1. The fourth-order valence-electron chi connectivity index (χ4n) is 2.15. The summed E-state index contributed by atoms with van der Waals surface area (Å²) < 4.78 is 5.67. The number of hydrogen-bond acceptors (Lipinski definition) is 4. The normalized spacial score (nSPS) is 11.6. The van der Waals surface area contributed by atoms with Crippen LogP contribution in [0.5, 0.6) is 0 Å². The van der Waals surface area contributed by atoms with E-state index >= 15 is 0 Å². The molecule has 1 atom stereocenters. The zero-order valence-electron chi connectivity index (χ0n) is 13.4. The van der Waals surface area contributed by atoms with Gasteiger partial charge in [0.2, 0.25) is 0 Å². The standard InChI is InChI=1S/C18H19BrN2O3/c1-13(7-8-14-5-3-2-4-6-14)21-17(22)12-24-18(23)15-9-16(19)11-20-10-15/h2-6,9-11,13H,7-8,12H2,1H3,(H,21,22)/t13-/m1/s1. The highest BCUT2D eigenvalue weighted by molar-refractivity contribution is 9.10. The van der Waals surface area contributed by atoms with Gasteiger partial charge in [-0.2, -0.15) is 0 Å². The summed E-state index contributed by atoms with van der Waals surface area (Å²) in [6.45, 7) is 1.63. The molecule has 1 aromatic carbocycles. The lowest BCUT2D eigenvalue weighted by molar-refractivity contribution is -0.124. The third-order valence-electron chi connectivity index (χ3n) is 3.39. The number of benzene rings is 1. The van der Waals surface area contributed by atoms with Gasteiger partial charge in [-0.05, 0) is 47.3 Å². The van der Waals surface area contributed by atoms with Crippen molar-refractivity contribution in [3.8, 4) is 0 Å². The third kappa shape index (κ3) is 6.12. The van der Waals surface area contributed by atoms with E-state index < -0.39 is 5.97 Å². The van der Waals surface area contributed by atoms with Gasteiger partial charge >= 0.3 is 5.97 Å². The Bertz CT molecular complexity index is 692. The molecule has 1 aromatic heterocycles. The molecule has 0 saturated carbocycles. The summed E-state index contributed by atoms with van der Waals surface area (Å²) in [6.07, 6.45) is 4.66. The Morgan fingerprint density at radius 1 is 1.25 bits per heavy atom. The Morgan fingerprint density at radius 2 is 2.00 bits per heavy atom. The SMILES string of the molecule is C[C@H](CCc1ccccc1)NC(=O)COC(=O)c1cncc(Br)c1. The molecule has 0 fully saturated rings. The van der Waals surface area contributed by atoms with Crippen LogP contribution in [0, 0.1) is 0 Å². The molecule has 5 nitrogen and oxygen atoms in total. The monoisotopic (exact) mass is 390 g/mol. The number of aromatic nitrogens is 1. The van der Waals surface area contributed by atoms with E-state index in [0.29, 0.717) is 10.0 Å². The molecule has 2 rings (SSSR count). The smallest absolute Gasteiger partial charge is 0.340 e. The number of aryl methyl sites for hydroxylation is 1. The second kappa shape index (κ2) is 9.17. The number of carbonyl (C=O) groups excluding carboxylic acids is 2. The molecule has 0 radical (unpaired) electrons. The van der Waals surface area contributed by atoms with Crippen LogP contribution in [0.15, 0.2) is 53.3 Å². The van der Waals surface area contributed by atoms with Crippen LogP contribution >= 0.6 is 15.9 Å². The van der Waals surface area contributed by atoms with Gasteiger partial charge in [0.05, 0.1) is 5.56 Å². The molecule has 126 valence electrons. The number of ether oxygens (including phenoxy) is 1. The van der Waals surface area contributed by atoms with Crippen LogP contribution in [-0.4, -0.2) is 29.5 Å². The lowest BCUT2D eigenvalue weighted by Crippen LogP contribution is -2.36. The highest BCUT2D eigenvalue weighted by Gasteiger charge is 2.12. The van der Waals surface area contributed by atoms with Gasteiger partial charge < -0.3 is 10.1 Å². The van der Waals surface area contributed by atoms with Crippen molar-refractivity contribution in [1.82, 2.24) is 10.3 Å². The van der Waals surface area contributed by atoms with E-state index in [-0.39, 0.29) is 18.6 Å². The van der Waals surface area contributed by atoms with Crippen LogP contribution < -0.4 is 5.32 Å². The van der Waals surface area contributed by atoms with Gasteiger partial charge in [-0.3, -0.25) is 9.78 Å². The number of rotatable bonds is 7. The average Bonchev–Trinajstić information content (AvgIpc) is 2.59. The maximum Gasteiger partial charge on any atom is 0.340 e. The molecule has 6 heteroatoms. The van der Waals surface area contributed by atoms with E-state index in [4.69, 9.17) is 4.74 Å². The van der Waals surface area contributed by atoms with E-state index in [0.717, 1.165) is 12.8 Å². The van der Waals surface area contributed by atoms with Gasteiger partial charge in [0.15, 0.2) is 6.61 Å². The second-order valence-electron chi connectivity index (χ2n) is 5.46. The van der Waals surface area contributed by atoms with Crippen LogP contribution in [-0.2, 0) is 16.0 Å². The van der Waals surface area contributed by atoms with Gasteiger partial charge in [-0.15, -0.1) is 0 Å². The zero-order chi connectivity index (χ0) is 17.4. The first kappa shape index (κ1) is 18.1. The largest absolute Gasteiger partial charge is 0.452 e. The molecule has 24 heavy (non-hydrogen) atoms. The Balaban J connectivity index is 1.71. The van der Waals surface area contributed by atoms with Gasteiger partial charge in [0, 0.05) is 22.9 Å². The number of halogens is 1. The van der Waals surface area contributed by atoms with Crippen molar-refractivity contribution in [2.75, 3.05) is 6.61 Å². The lowest BCUT2D eigenvalue weighted by Gasteiger charge is -2.14. The first-order valence-corrected chi connectivity index (χ1v) is 8.45. The maximum atomic E-state index is 11.9. The average molecular weight is 391 g/mol. The van der Waals surface area contributed by atoms with E-state index in [9.17, 15) is 9.59 Å². The molecule has 1 N–H and O–H groups in total. The van der Waals surface area contributed by atoms with E-state index in [2.05, 4.69) is 38.4 Å². The van der Waals surface area contributed by atoms with Gasteiger partial charge in [0.1, 0.15) is 0 Å². The van der Waals surface area contributed by atoms with Gasteiger partial charge in [-0.1, -0.05) is 30.3 Å². The molecule has 1 amide bonds. The molecule has 2 aromatic rings. The van der Waals surface area contributed by atoms with Crippen molar-refractivity contribution >= 4 is 27.8 Å². The Labute approximate surface area is 149 Å². The summed E-state index contributed by atoms with van der Waals surface area (Å²) in [5.41, 5.74) is 1.53. The molecule has 0 aliphatic rings. The molecule has 1 heterocycles. The van der Waals surface area contributed by atoms with Crippen molar-refractivity contribution in [3.63, 3.8) is 0 Å². The summed E-state index contributed by atoms with van der Waals surface area (Å²) in [5.74, 6) is -0.886. The fraction of sp³-hybridized carbons (Fsp3) is 0.278. The third-order valence-corrected chi connectivity index (χ3v) is 3.82. The van der Waals surface area contributed by atoms with Crippen LogP contribution in [0.3, 0.4) is 0 Å². The van der Waals surface area contributed by atoms with Crippen molar-refractivity contribution in [2.24, 2.45) is 0 Å².